The fourth-order valence-electron chi connectivity index (χ4n) is 1.59. The number of rotatable bonds is 7. The van der Waals surface area contributed by atoms with Crippen LogP contribution in [0, 0.1) is 5.41 Å². The topological polar surface area (TPSA) is 46.5 Å². The van der Waals surface area contributed by atoms with Gasteiger partial charge < -0.3 is 9.84 Å². The molecule has 0 aliphatic rings. The molecule has 0 aromatic heterocycles. The van der Waals surface area contributed by atoms with Crippen LogP contribution in [0.4, 0.5) is 0 Å². The molecule has 0 atom stereocenters. The van der Waals surface area contributed by atoms with Crippen molar-refractivity contribution >= 4 is 21.9 Å². The lowest BCUT2D eigenvalue weighted by atomic mass is 9.86. The van der Waals surface area contributed by atoms with Crippen LogP contribution in [0.2, 0.25) is 0 Å². The summed E-state index contributed by atoms with van der Waals surface area (Å²) in [6, 6.07) is 5.93. The maximum atomic E-state index is 11.1. The number of benzene rings is 1. The molecule has 0 radical (unpaired) electrons. The quantitative estimate of drug-likeness (QED) is 0.812. The standard InChI is InChI=1S/C15H21BrO3/c1-4-9-19-13-6-5-11(10-12(13)16)7-8-15(2,3)14(17)18/h5-6,10H,4,7-9H2,1-3H3,(H,17,18). The van der Waals surface area contributed by atoms with Gasteiger partial charge in [-0.2, -0.15) is 0 Å². The zero-order chi connectivity index (χ0) is 14.5. The summed E-state index contributed by atoms with van der Waals surface area (Å²) in [7, 11) is 0. The van der Waals surface area contributed by atoms with Gasteiger partial charge in [0.15, 0.2) is 0 Å². The lowest BCUT2D eigenvalue weighted by Gasteiger charge is -2.19. The van der Waals surface area contributed by atoms with E-state index in [1.807, 2.05) is 18.2 Å². The van der Waals surface area contributed by atoms with E-state index in [1.54, 1.807) is 13.8 Å². The fourth-order valence-corrected chi connectivity index (χ4v) is 2.13. The molecule has 0 fully saturated rings. The van der Waals surface area contributed by atoms with Crippen LogP contribution in [0.25, 0.3) is 0 Å². The first-order valence-electron chi connectivity index (χ1n) is 6.51. The molecule has 0 spiro atoms. The average Bonchev–Trinajstić information content (AvgIpc) is 2.35. The smallest absolute Gasteiger partial charge is 0.309 e. The van der Waals surface area contributed by atoms with E-state index in [0.717, 1.165) is 28.6 Å². The summed E-state index contributed by atoms with van der Waals surface area (Å²) in [6.45, 7) is 6.27. The number of aliphatic carboxylic acids is 1. The van der Waals surface area contributed by atoms with Gasteiger partial charge in [-0.15, -0.1) is 0 Å². The Hall–Kier alpha value is -1.03. The third kappa shape index (κ3) is 4.86. The third-order valence-electron chi connectivity index (χ3n) is 3.08. The van der Waals surface area contributed by atoms with Gasteiger partial charge in [0.25, 0.3) is 0 Å². The van der Waals surface area contributed by atoms with Gasteiger partial charge >= 0.3 is 5.97 Å². The molecule has 1 N–H and O–H groups in total. The van der Waals surface area contributed by atoms with Crippen molar-refractivity contribution in [3.8, 4) is 5.75 Å². The Labute approximate surface area is 123 Å². The molecular weight excluding hydrogens is 308 g/mol. The van der Waals surface area contributed by atoms with Crippen LogP contribution in [0.15, 0.2) is 22.7 Å². The van der Waals surface area contributed by atoms with Crippen molar-refractivity contribution < 1.29 is 14.6 Å². The molecule has 3 nitrogen and oxygen atoms in total. The van der Waals surface area contributed by atoms with Crippen LogP contribution in [-0.4, -0.2) is 17.7 Å². The van der Waals surface area contributed by atoms with E-state index in [4.69, 9.17) is 9.84 Å². The number of carboxylic acids is 1. The van der Waals surface area contributed by atoms with Gasteiger partial charge in [0.2, 0.25) is 0 Å². The summed E-state index contributed by atoms with van der Waals surface area (Å²) in [5.41, 5.74) is 0.425. The lowest BCUT2D eigenvalue weighted by molar-refractivity contribution is -0.147. The number of hydrogen-bond donors (Lipinski definition) is 1. The van der Waals surface area contributed by atoms with Crippen molar-refractivity contribution in [2.75, 3.05) is 6.61 Å². The molecule has 0 heterocycles. The molecule has 0 saturated carbocycles. The largest absolute Gasteiger partial charge is 0.492 e. The SMILES string of the molecule is CCCOc1ccc(CCC(C)(C)C(=O)O)cc1Br. The van der Waals surface area contributed by atoms with Crippen molar-refractivity contribution in [3.63, 3.8) is 0 Å². The zero-order valence-corrected chi connectivity index (χ0v) is 13.3. The van der Waals surface area contributed by atoms with Crippen LogP contribution >= 0.6 is 15.9 Å². The highest BCUT2D eigenvalue weighted by atomic mass is 79.9. The molecule has 0 bridgehead atoms. The molecule has 1 rings (SSSR count). The summed E-state index contributed by atoms with van der Waals surface area (Å²) in [5.74, 6) is 0.0811. The van der Waals surface area contributed by atoms with Gasteiger partial charge in [0, 0.05) is 0 Å². The van der Waals surface area contributed by atoms with Crippen molar-refractivity contribution in [1.82, 2.24) is 0 Å². The van der Waals surface area contributed by atoms with Gasteiger partial charge in [0.1, 0.15) is 5.75 Å². The summed E-state index contributed by atoms with van der Waals surface area (Å²) < 4.78 is 6.51. The van der Waals surface area contributed by atoms with E-state index < -0.39 is 11.4 Å². The Balaban J connectivity index is 2.66. The van der Waals surface area contributed by atoms with Crippen LogP contribution in [-0.2, 0) is 11.2 Å². The Morgan fingerprint density at radius 2 is 2.11 bits per heavy atom. The predicted molar refractivity (Wildman–Crippen MR) is 79.7 cm³/mol. The molecule has 19 heavy (non-hydrogen) atoms. The Kier molecular flexibility index (Phi) is 5.85. The molecular formula is C15H21BrO3. The molecule has 0 saturated heterocycles. The van der Waals surface area contributed by atoms with Crippen LogP contribution in [0.5, 0.6) is 5.75 Å². The van der Waals surface area contributed by atoms with Crippen LogP contribution in [0.1, 0.15) is 39.2 Å². The van der Waals surface area contributed by atoms with Gasteiger partial charge in [-0.25, -0.2) is 0 Å². The normalized spacial score (nSPS) is 11.4. The minimum atomic E-state index is -0.755. The molecule has 1 aromatic carbocycles. The Bertz CT molecular complexity index is 441. The zero-order valence-electron chi connectivity index (χ0n) is 11.7. The molecule has 0 amide bonds. The van der Waals surface area contributed by atoms with E-state index in [9.17, 15) is 4.79 Å². The lowest BCUT2D eigenvalue weighted by Crippen LogP contribution is -2.24. The van der Waals surface area contributed by atoms with Crippen molar-refractivity contribution in [1.29, 1.82) is 0 Å². The van der Waals surface area contributed by atoms with Crippen molar-refractivity contribution in [2.24, 2.45) is 5.41 Å². The maximum Gasteiger partial charge on any atom is 0.309 e. The second-order valence-electron chi connectivity index (χ2n) is 5.30. The first-order valence-corrected chi connectivity index (χ1v) is 7.30. The summed E-state index contributed by atoms with van der Waals surface area (Å²) >= 11 is 3.49. The monoisotopic (exact) mass is 328 g/mol. The van der Waals surface area contributed by atoms with Gasteiger partial charge in [-0.3, -0.25) is 4.79 Å². The van der Waals surface area contributed by atoms with Crippen molar-refractivity contribution in [3.05, 3.63) is 28.2 Å². The number of aryl methyl sites for hydroxylation is 1. The number of hydrogen-bond acceptors (Lipinski definition) is 2. The Morgan fingerprint density at radius 3 is 2.63 bits per heavy atom. The van der Waals surface area contributed by atoms with Gasteiger partial charge in [-0.1, -0.05) is 13.0 Å². The Morgan fingerprint density at radius 1 is 1.42 bits per heavy atom. The van der Waals surface area contributed by atoms with E-state index >= 15 is 0 Å². The van der Waals surface area contributed by atoms with Crippen molar-refractivity contribution in [2.45, 2.75) is 40.0 Å². The highest BCUT2D eigenvalue weighted by molar-refractivity contribution is 9.10. The van der Waals surface area contributed by atoms with Crippen LogP contribution in [0.3, 0.4) is 0 Å². The number of carbonyl (C=O) groups is 1. The van der Waals surface area contributed by atoms with Crippen LogP contribution < -0.4 is 4.74 Å². The van der Waals surface area contributed by atoms with Gasteiger partial charge in [-0.05, 0) is 66.7 Å². The first-order chi connectivity index (χ1) is 8.86. The van der Waals surface area contributed by atoms with E-state index in [2.05, 4.69) is 22.9 Å². The minimum Gasteiger partial charge on any atom is -0.492 e. The minimum absolute atomic E-state index is 0.615. The van der Waals surface area contributed by atoms with Gasteiger partial charge in [0.05, 0.1) is 16.5 Å². The van der Waals surface area contributed by atoms with E-state index in [1.165, 1.54) is 0 Å². The van der Waals surface area contributed by atoms with E-state index in [0.29, 0.717) is 13.0 Å². The summed E-state index contributed by atoms with van der Waals surface area (Å²) in [5, 5.41) is 9.09. The highest BCUT2D eigenvalue weighted by Crippen LogP contribution is 2.29. The average molecular weight is 329 g/mol. The molecule has 0 aliphatic heterocycles. The maximum absolute atomic E-state index is 11.1. The summed E-state index contributed by atoms with van der Waals surface area (Å²) in [4.78, 5) is 11.1. The second-order valence-corrected chi connectivity index (χ2v) is 6.16. The highest BCUT2D eigenvalue weighted by Gasteiger charge is 2.26. The molecule has 0 aliphatic carbocycles. The molecule has 1 aromatic rings. The molecule has 106 valence electrons. The molecule has 0 unspecified atom stereocenters. The third-order valence-corrected chi connectivity index (χ3v) is 3.70. The first kappa shape index (κ1) is 16.0. The van der Waals surface area contributed by atoms with E-state index in [-0.39, 0.29) is 0 Å². The molecule has 4 heteroatoms. The second kappa shape index (κ2) is 6.94. The number of carboxylic acid groups (broad SMARTS) is 1. The number of halogens is 1. The number of ether oxygens (including phenoxy) is 1. The fraction of sp³-hybridized carbons (Fsp3) is 0.533. The predicted octanol–water partition coefficient (Wildman–Crippen LogP) is 4.28. The summed E-state index contributed by atoms with van der Waals surface area (Å²) in [6.07, 6.45) is 2.33.